The van der Waals surface area contributed by atoms with Crippen LogP contribution in [0.15, 0.2) is 249 Å². The first kappa shape index (κ1) is 59.2. The second-order valence-electron chi connectivity index (χ2n) is 22.6. The first-order chi connectivity index (χ1) is 38.9. The molecule has 0 atom stereocenters. The molecule has 420 valence electrons. The fraction of sp³-hybridized carbons (Fsp3) is 0.176. The van der Waals surface area contributed by atoms with Gasteiger partial charge in [0.25, 0.3) is 0 Å². The van der Waals surface area contributed by atoms with Crippen molar-refractivity contribution in [1.29, 1.82) is 0 Å². The first-order valence-corrected chi connectivity index (χ1v) is 31.5. The van der Waals surface area contributed by atoms with Gasteiger partial charge in [0.05, 0.1) is 0 Å². The van der Waals surface area contributed by atoms with Crippen LogP contribution in [0.1, 0.15) is 84.5 Å². The van der Waals surface area contributed by atoms with Gasteiger partial charge in [-0.2, -0.15) is 0 Å². The number of carbonyl (C=O) groups excluding carboxylic acids is 2. The third-order valence-electron chi connectivity index (χ3n) is 15.3. The van der Waals surface area contributed by atoms with E-state index in [1.54, 1.807) is 206 Å². The van der Waals surface area contributed by atoms with Crippen molar-refractivity contribution >= 4 is 64.4 Å². The van der Waals surface area contributed by atoms with E-state index < -0.39 is 74.1 Å². The number of benzene rings is 9. The zero-order valence-electron chi connectivity index (χ0n) is 46.4. The van der Waals surface area contributed by atoms with Gasteiger partial charge < -0.3 is 0 Å². The van der Waals surface area contributed by atoms with Crippen LogP contribution in [0.25, 0.3) is 0 Å². The summed E-state index contributed by atoms with van der Waals surface area (Å²) in [6.07, 6.45) is -11.5. The fourth-order valence-corrected chi connectivity index (χ4v) is 22.0. The van der Waals surface area contributed by atoms with E-state index in [-0.39, 0.29) is 16.9 Å². The molecule has 0 heterocycles. The third kappa shape index (κ3) is 11.4. The van der Waals surface area contributed by atoms with E-state index >= 15 is 35.9 Å². The standard InChI is InChI=1S/C68H63BF6O5P2/c1-65(2,3)52-41-37-50(38-42-52)63(76)48-81(57-25-13-7-14-26-57,58-27-15-8-16-28-58,59-29-17-9-18-30-59)79-69(78-56-46-54(67(70,71)72)45-55(47-56)68(73,74)75)80-82(60-31-19-10-20-32-60,61-33-21-11-22-34-61,62-35-23-12-24-36-62)49-64(77)51-39-43-53(44-40-51)66(4,5)6/h7-47H,48-49H2,1-6H3. The molecule has 9 rings (SSSR count). The monoisotopic (exact) mass is 1150 g/mol. The van der Waals surface area contributed by atoms with Gasteiger partial charge in [0.1, 0.15) is 0 Å². The van der Waals surface area contributed by atoms with Crippen molar-refractivity contribution in [2.75, 3.05) is 12.3 Å². The predicted molar refractivity (Wildman–Crippen MR) is 324 cm³/mol. The van der Waals surface area contributed by atoms with Crippen molar-refractivity contribution < 1.29 is 49.5 Å². The van der Waals surface area contributed by atoms with Crippen LogP contribution in [0.4, 0.5) is 26.3 Å². The van der Waals surface area contributed by atoms with Crippen LogP contribution < -0.4 is 36.5 Å². The Bertz CT molecular complexity index is 3220. The molecule has 0 aromatic heterocycles. The van der Waals surface area contributed by atoms with Crippen LogP contribution in [0.2, 0.25) is 0 Å². The molecule has 5 nitrogen and oxygen atoms in total. The summed E-state index contributed by atoms with van der Waals surface area (Å²) in [5.74, 6) is -1.74. The molecule has 0 aliphatic heterocycles. The molecule has 9 aromatic carbocycles. The molecule has 0 radical (unpaired) electrons. The maximum atomic E-state index is 16.0. The average molecular weight is 1150 g/mol. The number of rotatable bonds is 18. The second kappa shape index (κ2) is 22.7. The Kier molecular flexibility index (Phi) is 16.4. The fourth-order valence-electron chi connectivity index (χ4n) is 10.9. The van der Waals surface area contributed by atoms with Crippen LogP contribution in [-0.4, -0.2) is 31.2 Å². The summed E-state index contributed by atoms with van der Waals surface area (Å²) in [7, 11) is -2.38. The van der Waals surface area contributed by atoms with Crippen LogP contribution in [0.5, 0.6) is 5.75 Å². The molecule has 0 N–H and O–H groups in total. The summed E-state index contributed by atoms with van der Waals surface area (Å²) < 4.78 is 114. The molecule has 0 amide bonds. The van der Waals surface area contributed by atoms with Crippen LogP contribution in [0.3, 0.4) is 0 Å². The number of hydrogen-bond donors (Lipinski definition) is 0. The second-order valence-corrected chi connectivity index (χ2v) is 31.6. The van der Waals surface area contributed by atoms with Gasteiger partial charge in [-0.25, -0.2) is 0 Å². The summed E-state index contributed by atoms with van der Waals surface area (Å²) in [5, 5.41) is 2.65. The predicted octanol–water partition coefficient (Wildman–Crippen LogP) is 15.4. The molecule has 0 aliphatic carbocycles. The Labute approximate surface area is 476 Å². The summed E-state index contributed by atoms with van der Waals surface area (Å²) >= 11 is 0. The number of halogens is 6. The molecule has 14 heteroatoms. The Morgan fingerprint density at radius 1 is 0.354 bits per heavy atom. The molecular weight excluding hydrogens is 1080 g/mol. The van der Waals surface area contributed by atoms with Gasteiger partial charge >= 0.3 is 479 Å². The molecule has 0 fully saturated rings. The van der Waals surface area contributed by atoms with Gasteiger partial charge in [0.15, 0.2) is 0 Å². The van der Waals surface area contributed by atoms with Gasteiger partial charge in [-0.15, -0.1) is 0 Å². The molecule has 0 aliphatic rings. The van der Waals surface area contributed by atoms with E-state index in [4.69, 9.17) is 13.5 Å². The average Bonchev–Trinajstić information content (AvgIpc) is 1.70. The summed E-state index contributed by atoms with van der Waals surface area (Å²) in [6, 6.07) is 69.1. The van der Waals surface area contributed by atoms with E-state index in [0.717, 1.165) is 11.1 Å². The number of ketones is 2. The van der Waals surface area contributed by atoms with Crippen LogP contribution in [0, 0.1) is 0 Å². The molecule has 0 unspecified atom stereocenters. The number of Topliss-reactive ketones (excluding diaryl/α,β-unsaturated/α-hetero) is 2. The zero-order valence-corrected chi connectivity index (χ0v) is 48.2. The topological polar surface area (TPSA) is 61.8 Å². The van der Waals surface area contributed by atoms with Crippen molar-refractivity contribution in [1.82, 2.24) is 0 Å². The van der Waals surface area contributed by atoms with Gasteiger partial charge in [0, 0.05) is 0 Å². The molecule has 0 spiro atoms. The van der Waals surface area contributed by atoms with E-state index in [1.165, 1.54) is 0 Å². The van der Waals surface area contributed by atoms with Crippen molar-refractivity contribution in [3.05, 3.63) is 282 Å². The minimum absolute atomic E-state index is 0.0205. The Morgan fingerprint density at radius 2 is 0.598 bits per heavy atom. The summed E-state index contributed by atoms with van der Waals surface area (Å²) in [5.41, 5.74) is -1.34. The molecule has 0 bridgehead atoms. The SMILES string of the molecule is CC(C)(C)c1ccc(C(=O)CP(OB(Oc2cc(C(F)(F)F)cc(C(F)(F)F)c2)OP(CC(=O)c2ccc(C(C)(C)C)cc2)(c2ccccc2)(c2ccccc2)c2ccccc2)(c2ccccc2)(c2ccccc2)c2ccccc2)cc1. The number of hydrogen-bond acceptors (Lipinski definition) is 5. The van der Waals surface area contributed by atoms with E-state index in [0.29, 0.717) is 55.1 Å². The van der Waals surface area contributed by atoms with E-state index in [9.17, 15) is 0 Å². The third-order valence-corrected chi connectivity index (χ3v) is 26.7. The molecule has 0 saturated heterocycles. The molecule has 82 heavy (non-hydrogen) atoms. The van der Waals surface area contributed by atoms with Crippen LogP contribution in [-0.2, 0) is 32.1 Å². The summed E-state index contributed by atoms with van der Waals surface area (Å²) in [6.45, 7) is 1.68. The van der Waals surface area contributed by atoms with Crippen molar-refractivity contribution in [2.24, 2.45) is 0 Å². The van der Waals surface area contributed by atoms with E-state index in [2.05, 4.69) is 41.5 Å². The van der Waals surface area contributed by atoms with Crippen molar-refractivity contribution in [3.8, 4) is 5.75 Å². The normalized spacial score (nSPS) is 13.5. The Hall–Kier alpha value is -7.46. The van der Waals surface area contributed by atoms with Crippen molar-refractivity contribution in [2.45, 2.75) is 64.7 Å². The van der Waals surface area contributed by atoms with E-state index in [1.807, 2.05) is 24.3 Å². The number of alkyl halides is 6. The quantitative estimate of drug-likeness (QED) is 0.0371. The number of carbonyl (C=O) groups is 2. The maximum absolute atomic E-state index is 16.0. The molecule has 0 saturated carbocycles. The zero-order chi connectivity index (χ0) is 58.7. The van der Waals surface area contributed by atoms with Gasteiger partial charge in [-0.3, -0.25) is 0 Å². The molecular formula is C68H63BF6O5P2. The minimum atomic E-state index is -5.33. The van der Waals surface area contributed by atoms with Gasteiger partial charge in [-0.1, -0.05) is 0 Å². The first-order valence-electron chi connectivity index (χ1n) is 26.8. The van der Waals surface area contributed by atoms with Gasteiger partial charge in [0.2, 0.25) is 0 Å². The Morgan fingerprint density at radius 3 is 0.817 bits per heavy atom. The van der Waals surface area contributed by atoms with Crippen LogP contribution >= 0.6 is 13.7 Å². The summed E-state index contributed by atoms with van der Waals surface area (Å²) in [4.78, 5) is 32.0. The Balaban J connectivity index is 1.45. The van der Waals surface area contributed by atoms with Crippen molar-refractivity contribution in [3.63, 3.8) is 0 Å². The molecule has 9 aromatic rings. The van der Waals surface area contributed by atoms with Gasteiger partial charge in [-0.05, 0) is 0 Å².